The highest BCUT2D eigenvalue weighted by atomic mass is 16.5. The van der Waals surface area contributed by atoms with E-state index in [0.29, 0.717) is 49.3 Å². The van der Waals surface area contributed by atoms with Crippen molar-refractivity contribution in [2.45, 2.75) is 38.9 Å². The van der Waals surface area contributed by atoms with Crippen molar-refractivity contribution in [3.05, 3.63) is 71.6 Å². The largest absolute Gasteiger partial charge is 0.384 e. The quantitative estimate of drug-likeness (QED) is 0.320. The molecule has 1 amide bonds. The van der Waals surface area contributed by atoms with Crippen molar-refractivity contribution in [3.63, 3.8) is 0 Å². The number of aliphatic hydroxyl groups is 1. The van der Waals surface area contributed by atoms with Gasteiger partial charge in [0.25, 0.3) is 0 Å². The fourth-order valence-electron chi connectivity index (χ4n) is 5.29. The number of pyridine rings is 1. The predicted molar refractivity (Wildman–Crippen MR) is 164 cm³/mol. The van der Waals surface area contributed by atoms with Gasteiger partial charge in [0.1, 0.15) is 5.60 Å². The molecule has 2 aliphatic rings. The zero-order valence-corrected chi connectivity index (χ0v) is 24.8. The number of hydrazine groups is 1. The predicted octanol–water partition coefficient (Wildman–Crippen LogP) is 3.89. The smallest absolute Gasteiger partial charge is 0.229 e. The van der Waals surface area contributed by atoms with Gasteiger partial charge < -0.3 is 25.0 Å². The summed E-state index contributed by atoms with van der Waals surface area (Å²) in [5, 5.41) is 17.7. The maximum atomic E-state index is 12.4. The molecule has 2 bridgehead atoms. The van der Waals surface area contributed by atoms with E-state index >= 15 is 0 Å². The van der Waals surface area contributed by atoms with Crippen LogP contribution in [-0.2, 0) is 21.7 Å². The number of aryl methyl sites for hydroxylation is 1. The lowest BCUT2D eigenvalue weighted by molar-refractivity contribution is -0.117. The highest BCUT2D eigenvalue weighted by Gasteiger charge is 2.28. The number of hydrogen-bond donors (Lipinski definition) is 2. The lowest BCUT2D eigenvalue weighted by Crippen LogP contribution is -2.44. The normalized spacial score (nSPS) is 20.6. The number of ether oxygens (including phenoxy) is 1. The van der Waals surface area contributed by atoms with Crippen LogP contribution in [-0.4, -0.2) is 83.3 Å². The number of fused-ring (bicyclic) bond motifs is 2. The van der Waals surface area contributed by atoms with Crippen LogP contribution in [0.5, 0.6) is 0 Å². The van der Waals surface area contributed by atoms with Gasteiger partial charge >= 0.3 is 0 Å². The fraction of sp³-hybridized carbons (Fsp3) is 0.419. The summed E-state index contributed by atoms with van der Waals surface area (Å²) < 4.78 is 5.54. The van der Waals surface area contributed by atoms with Gasteiger partial charge in [0.05, 0.1) is 18.8 Å². The number of nitrogens with zero attached hydrogens (tertiary/aromatic N) is 7. The van der Waals surface area contributed by atoms with E-state index in [1.165, 1.54) is 10.7 Å². The molecule has 2 aromatic heterocycles. The summed E-state index contributed by atoms with van der Waals surface area (Å²) in [6, 6.07) is 11.7. The van der Waals surface area contributed by atoms with Gasteiger partial charge in [-0.2, -0.15) is 4.98 Å². The molecule has 42 heavy (non-hydrogen) atoms. The van der Waals surface area contributed by atoms with Crippen LogP contribution in [0, 0.1) is 6.92 Å². The van der Waals surface area contributed by atoms with Crippen LogP contribution < -0.4 is 15.2 Å². The maximum Gasteiger partial charge on any atom is 0.229 e. The number of carbonyl (C=O) groups is 1. The van der Waals surface area contributed by atoms with Gasteiger partial charge in [-0.1, -0.05) is 18.2 Å². The van der Waals surface area contributed by atoms with Gasteiger partial charge in [0.15, 0.2) is 11.6 Å². The molecule has 4 heterocycles. The summed E-state index contributed by atoms with van der Waals surface area (Å²) in [6.07, 6.45) is 7.55. The fourth-order valence-corrected chi connectivity index (χ4v) is 5.29. The minimum Gasteiger partial charge on any atom is -0.384 e. The summed E-state index contributed by atoms with van der Waals surface area (Å²) in [4.78, 5) is 31.3. The Morgan fingerprint density at radius 1 is 1.12 bits per heavy atom. The number of piperazine rings is 1. The van der Waals surface area contributed by atoms with Crippen molar-refractivity contribution < 1.29 is 14.6 Å². The molecule has 2 N–H and O–H groups in total. The average Bonchev–Trinajstić information content (AvgIpc) is 3.00. The van der Waals surface area contributed by atoms with Gasteiger partial charge in [0.2, 0.25) is 12.4 Å². The van der Waals surface area contributed by atoms with E-state index < -0.39 is 5.60 Å². The molecule has 3 aromatic rings. The van der Waals surface area contributed by atoms with Gasteiger partial charge in [-0.05, 0) is 64.1 Å². The standard InChI is InChI=1S/C31H40N8O3/c1-23-20-32-30(33-25-11-12-26(24(19-25)21-42-4)37-17-15-36(3)16-18-37)35-29(23)39-28-10-8-9-27(34-28)31(2,41)13-6-5-7-14-38(39)22-40/h5,7-12,19-20,22,41H,6,13-18,21H2,1-4H3,(H,32,33,35)/b7-5-/t31-/m1/s1. The van der Waals surface area contributed by atoms with Crippen LogP contribution in [0.4, 0.5) is 29.0 Å². The first-order chi connectivity index (χ1) is 20.3. The molecular formula is C31H40N8O3. The SMILES string of the molecule is COCc1cc(Nc2ncc(C)c(N3c4cccc(n4)[C@](C)(O)CC/C=C\CN3C=O)n2)ccc1N1CCN(C)CC1. The van der Waals surface area contributed by atoms with Crippen molar-refractivity contribution in [2.75, 3.05) is 62.1 Å². The summed E-state index contributed by atoms with van der Waals surface area (Å²) in [7, 11) is 3.85. The zero-order chi connectivity index (χ0) is 29.7. The van der Waals surface area contributed by atoms with Crippen LogP contribution in [0.1, 0.15) is 36.6 Å². The van der Waals surface area contributed by atoms with Gasteiger partial charge in [0, 0.05) is 62.0 Å². The monoisotopic (exact) mass is 572 g/mol. The van der Waals surface area contributed by atoms with Crippen LogP contribution in [0.3, 0.4) is 0 Å². The van der Waals surface area contributed by atoms with Crippen LogP contribution >= 0.6 is 0 Å². The third-order valence-electron chi connectivity index (χ3n) is 7.76. The maximum absolute atomic E-state index is 12.4. The van der Waals surface area contributed by atoms with Crippen molar-refractivity contribution in [3.8, 4) is 0 Å². The van der Waals surface area contributed by atoms with Gasteiger partial charge in [-0.15, -0.1) is 0 Å². The second kappa shape index (κ2) is 12.8. The topological polar surface area (TPSA) is 110 Å². The van der Waals surface area contributed by atoms with Crippen LogP contribution in [0.15, 0.2) is 54.7 Å². The lowest BCUT2D eigenvalue weighted by atomic mass is 9.95. The van der Waals surface area contributed by atoms with E-state index in [1.807, 2.05) is 31.2 Å². The number of likely N-dealkylation sites (N-methyl/N-ethyl adjacent to an activating group) is 1. The number of allylic oxidation sites excluding steroid dienone is 1. The van der Waals surface area contributed by atoms with Crippen molar-refractivity contribution >= 4 is 35.4 Å². The molecule has 0 aliphatic carbocycles. The Kier molecular flexibility index (Phi) is 9.00. The third kappa shape index (κ3) is 6.53. The Morgan fingerprint density at radius 2 is 1.93 bits per heavy atom. The highest BCUT2D eigenvalue weighted by molar-refractivity contribution is 5.68. The molecule has 222 valence electrons. The second-order valence-electron chi connectivity index (χ2n) is 11.1. The Bertz CT molecular complexity index is 1420. The van der Waals surface area contributed by atoms with E-state index in [0.717, 1.165) is 49.4 Å². The summed E-state index contributed by atoms with van der Waals surface area (Å²) in [6.45, 7) is 8.43. The van der Waals surface area contributed by atoms with E-state index in [1.54, 1.807) is 37.4 Å². The first-order valence-electron chi connectivity index (χ1n) is 14.3. The number of hydrogen-bond acceptors (Lipinski definition) is 10. The molecule has 0 unspecified atom stereocenters. The molecule has 0 radical (unpaired) electrons. The van der Waals surface area contributed by atoms with Gasteiger partial charge in [-0.25, -0.2) is 20.0 Å². The molecule has 1 fully saturated rings. The lowest BCUT2D eigenvalue weighted by Gasteiger charge is -2.35. The number of anilines is 5. The molecular weight excluding hydrogens is 532 g/mol. The van der Waals surface area contributed by atoms with E-state index in [4.69, 9.17) is 14.7 Å². The molecule has 11 nitrogen and oxygen atoms in total. The minimum atomic E-state index is -1.12. The number of methoxy groups -OCH3 is 1. The Balaban J connectivity index is 1.49. The zero-order valence-electron chi connectivity index (χ0n) is 24.8. The Hall–Kier alpha value is -4.06. The molecule has 1 aromatic carbocycles. The van der Waals surface area contributed by atoms with E-state index in [-0.39, 0.29) is 0 Å². The average molecular weight is 573 g/mol. The van der Waals surface area contributed by atoms with Crippen LogP contribution in [0.2, 0.25) is 0 Å². The molecule has 5 rings (SSSR count). The second-order valence-corrected chi connectivity index (χ2v) is 11.1. The van der Waals surface area contributed by atoms with Gasteiger partial charge in [-0.3, -0.25) is 4.79 Å². The third-order valence-corrected chi connectivity index (χ3v) is 7.76. The number of benzene rings is 1. The number of carbonyl (C=O) groups excluding carboxylic acids is 1. The molecule has 1 saturated heterocycles. The van der Waals surface area contributed by atoms with Crippen LogP contribution in [0.25, 0.3) is 0 Å². The summed E-state index contributed by atoms with van der Waals surface area (Å²) in [5.41, 5.74) is 3.25. The number of nitrogens with one attached hydrogen (secondary N) is 1. The summed E-state index contributed by atoms with van der Waals surface area (Å²) in [5.74, 6) is 1.36. The van der Waals surface area contributed by atoms with E-state index in [9.17, 15) is 9.90 Å². The highest BCUT2D eigenvalue weighted by Crippen LogP contribution is 2.33. The Morgan fingerprint density at radius 3 is 2.69 bits per heavy atom. The molecule has 0 spiro atoms. The first-order valence-corrected chi connectivity index (χ1v) is 14.3. The molecule has 11 heteroatoms. The molecule has 0 saturated carbocycles. The van der Waals surface area contributed by atoms with Crippen molar-refractivity contribution in [2.24, 2.45) is 0 Å². The summed E-state index contributed by atoms with van der Waals surface area (Å²) >= 11 is 0. The van der Waals surface area contributed by atoms with E-state index in [2.05, 4.69) is 39.3 Å². The number of amides is 1. The van der Waals surface area contributed by atoms with Crippen molar-refractivity contribution in [1.82, 2.24) is 24.9 Å². The number of rotatable bonds is 7. The Labute approximate surface area is 247 Å². The van der Waals surface area contributed by atoms with Crippen molar-refractivity contribution in [1.29, 1.82) is 0 Å². The molecule has 1 atom stereocenters. The molecule has 2 aliphatic heterocycles. The number of aromatic nitrogens is 3. The first kappa shape index (κ1) is 29.4. The minimum absolute atomic E-state index is 0.317.